The molecule has 0 bridgehead atoms. The standard InChI is InChI=1S/C17H25NO3/c1-8(2)15(17(20)21)18-16(19)14-12(6)10(4)9(3)11(5)13(14)7/h8,15H,1-7H3,(H,18,19)(H,20,21). The molecule has 0 aliphatic carbocycles. The van der Waals surface area contributed by atoms with Gasteiger partial charge < -0.3 is 10.4 Å². The van der Waals surface area contributed by atoms with Crippen molar-refractivity contribution in [1.82, 2.24) is 5.32 Å². The smallest absolute Gasteiger partial charge is 0.326 e. The third-order valence-electron chi connectivity index (χ3n) is 4.45. The maximum absolute atomic E-state index is 12.5. The van der Waals surface area contributed by atoms with Crippen molar-refractivity contribution in [3.8, 4) is 0 Å². The molecule has 116 valence electrons. The Kier molecular flexibility index (Phi) is 5.15. The van der Waals surface area contributed by atoms with Crippen LogP contribution in [0.15, 0.2) is 0 Å². The number of aliphatic carboxylic acids is 1. The first-order valence-electron chi connectivity index (χ1n) is 7.20. The summed E-state index contributed by atoms with van der Waals surface area (Å²) in [4.78, 5) is 23.8. The summed E-state index contributed by atoms with van der Waals surface area (Å²) in [5.74, 6) is -1.48. The van der Waals surface area contributed by atoms with Crippen molar-refractivity contribution in [1.29, 1.82) is 0 Å². The number of carbonyl (C=O) groups is 2. The molecule has 1 aromatic carbocycles. The average Bonchev–Trinajstić information content (AvgIpc) is 2.39. The second-order valence-corrected chi connectivity index (χ2v) is 6.03. The third kappa shape index (κ3) is 3.26. The lowest BCUT2D eigenvalue weighted by molar-refractivity contribution is -0.140. The van der Waals surface area contributed by atoms with Gasteiger partial charge in [0.15, 0.2) is 0 Å². The zero-order chi connectivity index (χ0) is 16.5. The van der Waals surface area contributed by atoms with E-state index in [0.717, 1.165) is 22.3 Å². The van der Waals surface area contributed by atoms with Gasteiger partial charge in [0, 0.05) is 5.56 Å². The molecule has 0 saturated carbocycles. The lowest BCUT2D eigenvalue weighted by atomic mass is 9.89. The third-order valence-corrected chi connectivity index (χ3v) is 4.45. The van der Waals surface area contributed by atoms with Crippen LogP contribution in [0.5, 0.6) is 0 Å². The van der Waals surface area contributed by atoms with E-state index in [-0.39, 0.29) is 11.8 Å². The average molecular weight is 291 g/mol. The van der Waals surface area contributed by atoms with Crippen molar-refractivity contribution in [2.75, 3.05) is 0 Å². The highest BCUT2D eigenvalue weighted by Gasteiger charge is 2.26. The Labute approximate surface area is 126 Å². The number of benzene rings is 1. The van der Waals surface area contributed by atoms with Crippen LogP contribution in [-0.2, 0) is 4.79 Å². The Bertz CT molecular complexity index is 559. The van der Waals surface area contributed by atoms with Gasteiger partial charge in [-0.05, 0) is 68.4 Å². The van der Waals surface area contributed by atoms with Crippen molar-refractivity contribution >= 4 is 11.9 Å². The fourth-order valence-corrected chi connectivity index (χ4v) is 2.57. The fourth-order valence-electron chi connectivity index (χ4n) is 2.57. The van der Waals surface area contributed by atoms with E-state index in [0.29, 0.717) is 5.56 Å². The molecule has 1 amide bonds. The van der Waals surface area contributed by atoms with Crippen LogP contribution in [0.4, 0.5) is 0 Å². The minimum Gasteiger partial charge on any atom is -0.480 e. The van der Waals surface area contributed by atoms with Gasteiger partial charge in [-0.25, -0.2) is 4.79 Å². The second kappa shape index (κ2) is 6.29. The van der Waals surface area contributed by atoms with Gasteiger partial charge >= 0.3 is 5.97 Å². The maximum atomic E-state index is 12.5. The lowest BCUT2D eigenvalue weighted by Gasteiger charge is -2.22. The molecule has 1 rings (SSSR count). The maximum Gasteiger partial charge on any atom is 0.326 e. The molecule has 4 heteroatoms. The van der Waals surface area contributed by atoms with E-state index < -0.39 is 12.0 Å². The van der Waals surface area contributed by atoms with Crippen LogP contribution in [0.2, 0.25) is 0 Å². The monoisotopic (exact) mass is 291 g/mol. The number of nitrogens with one attached hydrogen (secondary N) is 1. The first kappa shape index (κ1) is 17.2. The molecule has 0 aromatic heterocycles. The molecule has 0 saturated heterocycles. The first-order valence-corrected chi connectivity index (χ1v) is 7.20. The van der Waals surface area contributed by atoms with E-state index in [2.05, 4.69) is 5.32 Å². The molecule has 1 aromatic rings. The van der Waals surface area contributed by atoms with E-state index in [1.54, 1.807) is 13.8 Å². The van der Waals surface area contributed by atoms with Gasteiger partial charge in [0.2, 0.25) is 0 Å². The van der Waals surface area contributed by atoms with E-state index in [1.807, 2.05) is 34.6 Å². The number of hydrogen-bond acceptors (Lipinski definition) is 2. The van der Waals surface area contributed by atoms with Gasteiger partial charge in [-0.15, -0.1) is 0 Å². The number of carboxylic acids is 1. The Morgan fingerprint density at radius 1 is 0.857 bits per heavy atom. The highest BCUT2D eigenvalue weighted by atomic mass is 16.4. The summed E-state index contributed by atoms with van der Waals surface area (Å²) < 4.78 is 0. The lowest BCUT2D eigenvalue weighted by Crippen LogP contribution is -2.44. The Hall–Kier alpha value is -1.84. The Morgan fingerprint density at radius 2 is 1.24 bits per heavy atom. The number of carboxylic acid groups (broad SMARTS) is 1. The van der Waals surface area contributed by atoms with E-state index in [9.17, 15) is 14.7 Å². The van der Waals surface area contributed by atoms with Crippen LogP contribution in [0.25, 0.3) is 0 Å². The van der Waals surface area contributed by atoms with Gasteiger partial charge in [-0.2, -0.15) is 0 Å². The van der Waals surface area contributed by atoms with Crippen molar-refractivity contribution in [2.45, 2.75) is 54.5 Å². The molecule has 0 radical (unpaired) electrons. The highest BCUT2D eigenvalue weighted by Crippen LogP contribution is 2.26. The predicted octanol–water partition coefficient (Wildman–Crippen LogP) is 3.07. The molecule has 21 heavy (non-hydrogen) atoms. The van der Waals surface area contributed by atoms with Crippen LogP contribution in [-0.4, -0.2) is 23.0 Å². The zero-order valence-corrected chi connectivity index (χ0v) is 13.9. The number of amides is 1. The minimum atomic E-state index is -1.01. The molecule has 0 spiro atoms. The summed E-state index contributed by atoms with van der Waals surface area (Å²) >= 11 is 0. The molecule has 0 aliphatic rings. The molecule has 1 unspecified atom stereocenters. The van der Waals surface area contributed by atoms with Crippen LogP contribution >= 0.6 is 0 Å². The van der Waals surface area contributed by atoms with Gasteiger partial charge in [-0.1, -0.05) is 13.8 Å². The summed E-state index contributed by atoms with van der Waals surface area (Å²) in [5.41, 5.74) is 5.78. The first-order chi connectivity index (χ1) is 9.59. The largest absolute Gasteiger partial charge is 0.480 e. The molecule has 0 fully saturated rings. The van der Waals surface area contributed by atoms with Gasteiger partial charge in [-0.3, -0.25) is 4.79 Å². The number of rotatable bonds is 4. The van der Waals surface area contributed by atoms with Crippen molar-refractivity contribution in [2.24, 2.45) is 5.92 Å². The summed E-state index contributed by atoms with van der Waals surface area (Å²) in [5, 5.41) is 11.9. The summed E-state index contributed by atoms with van der Waals surface area (Å²) in [6.45, 7) is 13.4. The summed E-state index contributed by atoms with van der Waals surface area (Å²) in [7, 11) is 0. The molecule has 0 aliphatic heterocycles. The van der Waals surface area contributed by atoms with Crippen molar-refractivity contribution in [3.63, 3.8) is 0 Å². The summed E-state index contributed by atoms with van der Waals surface area (Å²) in [6.07, 6.45) is 0. The topological polar surface area (TPSA) is 66.4 Å². The van der Waals surface area contributed by atoms with Gasteiger partial charge in [0.25, 0.3) is 5.91 Å². The van der Waals surface area contributed by atoms with E-state index in [4.69, 9.17) is 0 Å². The number of hydrogen-bond donors (Lipinski definition) is 2. The molecule has 1 atom stereocenters. The van der Waals surface area contributed by atoms with Gasteiger partial charge in [0.05, 0.1) is 0 Å². The van der Waals surface area contributed by atoms with Crippen LogP contribution in [0.1, 0.15) is 52.0 Å². The Morgan fingerprint density at radius 3 is 1.57 bits per heavy atom. The molecular weight excluding hydrogens is 266 g/mol. The van der Waals surface area contributed by atoms with E-state index >= 15 is 0 Å². The van der Waals surface area contributed by atoms with Crippen molar-refractivity contribution in [3.05, 3.63) is 33.4 Å². The van der Waals surface area contributed by atoms with E-state index in [1.165, 1.54) is 5.56 Å². The van der Waals surface area contributed by atoms with Crippen LogP contribution in [0, 0.1) is 40.5 Å². The van der Waals surface area contributed by atoms with Crippen LogP contribution < -0.4 is 5.32 Å². The SMILES string of the molecule is Cc1c(C)c(C)c(C(=O)NC(C(=O)O)C(C)C)c(C)c1C. The predicted molar refractivity (Wildman–Crippen MR) is 83.9 cm³/mol. The Balaban J connectivity index is 3.29. The summed E-state index contributed by atoms with van der Waals surface area (Å²) in [6, 6.07) is -0.877. The highest BCUT2D eigenvalue weighted by molar-refractivity contribution is 5.99. The quantitative estimate of drug-likeness (QED) is 0.896. The van der Waals surface area contributed by atoms with Crippen molar-refractivity contribution < 1.29 is 14.7 Å². The molecular formula is C17H25NO3. The molecule has 0 heterocycles. The fraction of sp³-hybridized carbons (Fsp3) is 0.529. The normalized spacial score (nSPS) is 12.4. The molecule has 4 nitrogen and oxygen atoms in total. The molecule has 2 N–H and O–H groups in total. The minimum absolute atomic E-state index is 0.167. The number of carbonyl (C=O) groups excluding carboxylic acids is 1. The van der Waals surface area contributed by atoms with Crippen LogP contribution in [0.3, 0.4) is 0 Å². The second-order valence-electron chi connectivity index (χ2n) is 6.03. The van der Waals surface area contributed by atoms with Gasteiger partial charge in [0.1, 0.15) is 6.04 Å². The zero-order valence-electron chi connectivity index (χ0n) is 13.9.